The fraction of sp³-hybridized carbons (Fsp3) is 0.857. The smallest absolute Gasteiger partial charge is 0.418 e. The van der Waals surface area contributed by atoms with Crippen LogP contribution in [0.2, 0.25) is 0 Å². The Morgan fingerprint density at radius 2 is 0.900 bits per heavy atom. The summed E-state index contributed by atoms with van der Waals surface area (Å²) in [6, 6.07) is 0. The monoisotopic (exact) mass is 319 g/mol. The van der Waals surface area contributed by atoms with Crippen LogP contribution >= 0.6 is 0 Å². The van der Waals surface area contributed by atoms with Gasteiger partial charge in [0.2, 0.25) is 0 Å². The van der Waals surface area contributed by atoms with Crippen LogP contribution in [0.1, 0.15) is 20.8 Å². The molecule has 0 spiro atoms. The van der Waals surface area contributed by atoms with Crippen molar-refractivity contribution in [3.63, 3.8) is 0 Å². The summed E-state index contributed by atoms with van der Waals surface area (Å²) in [6.07, 6.45) is 2.30. The second-order valence-electron chi connectivity index (χ2n) is 3.18. The Hall–Kier alpha value is -1.02. The Labute approximate surface area is 112 Å². The molecular weight excluding hydrogens is 300 g/mol. The predicted molar refractivity (Wildman–Crippen MR) is 63.9 cm³/mol. The maximum atomic E-state index is 9.75. The zero-order valence-corrected chi connectivity index (χ0v) is 11.7. The normalized spacial score (nSPS) is 10.9. The molecule has 0 aromatic rings. The SMILES string of the molecule is CC[N+](C#N)(CC)CC.F[B-](F)(F)F.F[B-](F)(F)F.[NH4+]. The largest absolute Gasteiger partial charge is 0.673 e. The van der Waals surface area contributed by atoms with Gasteiger partial charge < -0.3 is 40.7 Å². The molecule has 0 aromatic carbocycles. The van der Waals surface area contributed by atoms with Crippen LogP contribution in [0.5, 0.6) is 0 Å². The molecule has 0 aromatic heterocycles. The molecule has 0 saturated heterocycles. The van der Waals surface area contributed by atoms with E-state index in [4.69, 9.17) is 5.26 Å². The van der Waals surface area contributed by atoms with Gasteiger partial charge in [-0.05, 0) is 20.8 Å². The Morgan fingerprint density at radius 3 is 0.900 bits per heavy atom. The van der Waals surface area contributed by atoms with Crippen molar-refractivity contribution in [3.8, 4) is 6.19 Å². The number of nitrogens with zero attached hydrogens (tertiary/aromatic N) is 2. The lowest BCUT2D eigenvalue weighted by atomic mass is 10.3. The van der Waals surface area contributed by atoms with Gasteiger partial charge in [0.1, 0.15) is 0 Å². The van der Waals surface area contributed by atoms with Crippen molar-refractivity contribution in [1.29, 1.82) is 5.26 Å². The van der Waals surface area contributed by atoms with E-state index in [0.29, 0.717) is 4.48 Å². The second-order valence-corrected chi connectivity index (χ2v) is 3.18. The van der Waals surface area contributed by atoms with Gasteiger partial charge in [-0.3, -0.25) is 0 Å². The van der Waals surface area contributed by atoms with Crippen LogP contribution in [-0.4, -0.2) is 38.6 Å². The van der Waals surface area contributed by atoms with Gasteiger partial charge in [0, 0.05) is 0 Å². The number of rotatable bonds is 3. The summed E-state index contributed by atoms with van der Waals surface area (Å²) in [6.45, 7) is 8.92. The third-order valence-corrected chi connectivity index (χ3v) is 2.03. The van der Waals surface area contributed by atoms with Crippen molar-refractivity contribution >= 4 is 14.5 Å². The van der Waals surface area contributed by atoms with Crippen LogP contribution in [0.25, 0.3) is 0 Å². The molecule has 0 radical (unpaired) electrons. The van der Waals surface area contributed by atoms with Crippen molar-refractivity contribution in [1.82, 2.24) is 6.15 Å². The molecule has 0 aliphatic rings. The number of hydrogen-bond donors (Lipinski definition) is 1. The minimum atomic E-state index is -6.00. The van der Waals surface area contributed by atoms with E-state index in [2.05, 4.69) is 27.0 Å². The Balaban J connectivity index is -0.000000101. The van der Waals surface area contributed by atoms with E-state index >= 15 is 0 Å². The quantitative estimate of drug-likeness (QED) is 0.358. The highest BCUT2D eigenvalue weighted by Gasteiger charge is 2.21. The third-order valence-electron chi connectivity index (χ3n) is 2.03. The fourth-order valence-corrected chi connectivity index (χ4v) is 0.883. The first-order valence-electron chi connectivity index (χ1n) is 5.26. The van der Waals surface area contributed by atoms with Crippen LogP contribution in [0.15, 0.2) is 0 Å². The van der Waals surface area contributed by atoms with Crippen LogP contribution in [0.3, 0.4) is 0 Å². The van der Waals surface area contributed by atoms with Crippen LogP contribution < -0.4 is 6.15 Å². The average Bonchev–Trinajstić information content (AvgIpc) is 2.17. The molecule has 13 heteroatoms. The van der Waals surface area contributed by atoms with E-state index in [1.54, 1.807) is 0 Å². The minimum Gasteiger partial charge on any atom is -0.418 e. The molecule has 0 amide bonds. The first-order valence-corrected chi connectivity index (χ1v) is 5.26. The van der Waals surface area contributed by atoms with Crippen molar-refractivity contribution in [2.75, 3.05) is 19.6 Å². The summed E-state index contributed by atoms with van der Waals surface area (Å²) < 4.78 is 78.6. The van der Waals surface area contributed by atoms with Gasteiger partial charge in [0.25, 0.3) is 0 Å². The molecule has 0 fully saturated rings. The third kappa shape index (κ3) is 36.0. The van der Waals surface area contributed by atoms with Crippen molar-refractivity contribution in [2.24, 2.45) is 0 Å². The molecule has 0 unspecified atom stereocenters. The number of nitriles is 1. The maximum absolute atomic E-state index is 9.75. The summed E-state index contributed by atoms with van der Waals surface area (Å²) in [5.41, 5.74) is 0. The van der Waals surface area contributed by atoms with Crippen LogP contribution in [0, 0.1) is 11.5 Å². The summed E-state index contributed by atoms with van der Waals surface area (Å²) in [4.78, 5) is 0. The molecule has 20 heavy (non-hydrogen) atoms. The summed E-state index contributed by atoms with van der Waals surface area (Å²) in [5.74, 6) is 0. The van der Waals surface area contributed by atoms with Gasteiger partial charge in [0.15, 0.2) is 0 Å². The highest BCUT2D eigenvalue weighted by atomic mass is 19.5. The lowest BCUT2D eigenvalue weighted by Crippen LogP contribution is -2.42. The van der Waals surface area contributed by atoms with Crippen LogP contribution in [-0.2, 0) is 0 Å². The molecule has 3 nitrogen and oxygen atoms in total. The van der Waals surface area contributed by atoms with Crippen LogP contribution in [0.4, 0.5) is 34.5 Å². The van der Waals surface area contributed by atoms with Crippen molar-refractivity contribution in [3.05, 3.63) is 0 Å². The molecule has 4 N–H and O–H groups in total. The molecule has 124 valence electrons. The molecule has 0 atom stereocenters. The first kappa shape index (κ1) is 27.3. The van der Waals surface area contributed by atoms with Gasteiger partial charge in [-0.15, -0.1) is 5.26 Å². The topological polar surface area (TPSA) is 60.3 Å². The summed E-state index contributed by atoms with van der Waals surface area (Å²) >= 11 is 0. The summed E-state index contributed by atoms with van der Waals surface area (Å²) in [5, 5.41) is 8.70. The van der Waals surface area contributed by atoms with Crippen molar-refractivity contribution < 1.29 is 39.0 Å². The van der Waals surface area contributed by atoms with Crippen molar-refractivity contribution in [2.45, 2.75) is 20.8 Å². The zero-order chi connectivity index (χ0) is 16.3. The highest BCUT2D eigenvalue weighted by Crippen LogP contribution is 2.07. The van der Waals surface area contributed by atoms with Gasteiger partial charge in [0.05, 0.1) is 19.6 Å². The molecule has 0 heterocycles. The molecule has 0 saturated carbocycles. The lowest BCUT2D eigenvalue weighted by molar-refractivity contribution is -0.860. The Bertz CT molecular complexity index is 226. The average molecular weight is 319 g/mol. The number of hydrogen-bond acceptors (Lipinski definition) is 1. The lowest BCUT2D eigenvalue weighted by Gasteiger charge is -2.24. The second kappa shape index (κ2) is 11.8. The number of quaternary nitrogens is 2. The maximum Gasteiger partial charge on any atom is 0.673 e. The van der Waals surface area contributed by atoms with Gasteiger partial charge in [-0.1, -0.05) is 0 Å². The predicted octanol–water partition coefficient (Wildman–Crippen LogP) is 4.32. The fourth-order valence-electron chi connectivity index (χ4n) is 0.883. The minimum absolute atomic E-state index is 0. The van der Waals surface area contributed by atoms with E-state index < -0.39 is 14.5 Å². The molecule has 0 bridgehead atoms. The van der Waals surface area contributed by atoms with Gasteiger partial charge in [-0.2, -0.15) is 0 Å². The zero-order valence-electron chi connectivity index (χ0n) is 11.7. The van der Waals surface area contributed by atoms with E-state index in [9.17, 15) is 34.5 Å². The Morgan fingerprint density at radius 1 is 0.750 bits per heavy atom. The van der Waals surface area contributed by atoms with E-state index in [-0.39, 0.29) is 6.15 Å². The molecule has 0 aliphatic carbocycles. The van der Waals surface area contributed by atoms with Gasteiger partial charge >= 0.3 is 20.7 Å². The van der Waals surface area contributed by atoms with E-state index in [1.807, 2.05) is 0 Å². The Kier molecular flexibility index (Phi) is 16.1. The summed E-state index contributed by atoms with van der Waals surface area (Å²) in [7, 11) is -12.0. The van der Waals surface area contributed by atoms with E-state index in [0.717, 1.165) is 19.6 Å². The molecular formula is C7H19B2F8N3. The first-order chi connectivity index (χ1) is 8.24. The van der Waals surface area contributed by atoms with Gasteiger partial charge in [-0.25, -0.2) is 4.48 Å². The standard InChI is InChI=1S/C7H15N2.2BF4.H3N/c1-4-9(5-2,6-3)7-8;2*2-1(3,4)5;/h4-6H2,1-3H3;;;1H3/q+1;2*-1;/p+1. The molecule has 0 rings (SSSR count). The van der Waals surface area contributed by atoms with E-state index in [1.165, 1.54) is 0 Å². The number of halogens is 8. The highest BCUT2D eigenvalue weighted by molar-refractivity contribution is 6.50. The molecule has 0 aliphatic heterocycles.